The number of anilines is 1. The molecule has 1 aromatic carbocycles. The van der Waals surface area contributed by atoms with Crippen LogP contribution in [0, 0.1) is 0 Å². The number of aliphatic hydroxyl groups is 1. The first-order valence-corrected chi connectivity index (χ1v) is 8.61. The average molecular weight is 338 g/mol. The smallest absolute Gasteiger partial charge is 0.146 e. The molecule has 2 heterocycles. The van der Waals surface area contributed by atoms with E-state index in [0.717, 1.165) is 53.6 Å². The molecule has 1 aliphatic carbocycles. The number of aromatic nitrogens is 3. The zero-order chi connectivity index (χ0) is 17.4. The van der Waals surface area contributed by atoms with Crippen LogP contribution in [0.4, 0.5) is 5.82 Å². The van der Waals surface area contributed by atoms with E-state index >= 15 is 0 Å². The molecule has 0 amide bonds. The molecule has 25 heavy (non-hydrogen) atoms. The largest absolute Gasteiger partial charge is 0.497 e. The van der Waals surface area contributed by atoms with E-state index in [-0.39, 0.29) is 6.10 Å². The van der Waals surface area contributed by atoms with Gasteiger partial charge in [-0.1, -0.05) is 12.1 Å². The van der Waals surface area contributed by atoms with Gasteiger partial charge in [-0.25, -0.2) is 9.97 Å². The molecule has 3 N–H and O–H groups in total. The van der Waals surface area contributed by atoms with Crippen molar-refractivity contribution >= 4 is 16.9 Å². The van der Waals surface area contributed by atoms with Gasteiger partial charge < -0.3 is 20.1 Å². The molecule has 2 aromatic heterocycles. The van der Waals surface area contributed by atoms with Crippen LogP contribution in [0.5, 0.6) is 5.75 Å². The molecule has 0 saturated heterocycles. The molecule has 0 radical (unpaired) electrons. The Balaban J connectivity index is 1.87. The SMILES string of the molecule is COc1cccc(-c2cn(C3CCC(O)CC3)c3ncnc(N)c23)c1. The molecule has 0 unspecified atom stereocenters. The third kappa shape index (κ3) is 2.82. The number of aliphatic hydroxyl groups excluding tert-OH is 1. The molecule has 6 nitrogen and oxygen atoms in total. The second-order valence-electron chi connectivity index (χ2n) is 6.60. The monoisotopic (exact) mass is 338 g/mol. The van der Waals surface area contributed by atoms with Gasteiger partial charge >= 0.3 is 0 Å². The van der Waals surface area contributed by atoms with Crippen molar-refractivity contribution in [2.75, 3.05) is 12.8 Å². The Morgan fingerprint density at radius 3 is 2.76 bits per heavy atom. The third-order valence-corrected chi connectivity index (χ3v) is 5.08. The first-order valence-electron chi connectivity index (χ1n) is 8.61. The molecule has 1 saturated carbocycles. The highest BCUT2D eigenvalue weighted by Crippen LogP contribution is 2.38. The fourth-order valence-corrected chi connectivity index (χ4v) is 3.73. The quantitative estimate of drug-likeness (QED) is 0.766. The number of nitrogens with zero attached hydrogens (tertiary/aromatic N) is 3. The first-order chi connectivity index (χ1) is 12.2. The highest BCUT2D eigenvalue weighted by atomic mass is 16.5. The molecule has 130 valence electrons. The molecule has 1 aliphatic rings. The lowest BCUT2D eigenvalue weighted by Crippen LogP contribution is -2.20. The molecule has 6 heteroatoms. The fourth-order valence-electron chi connectivity index (χ4n) is 3.73. The molecule has 3 aromatic rings. The molecular formula is C19H22N4O2. The Morgan fingerprint density at radius 2 is 2.00 bits per heavy atom. The second kappa shape index (κ2) is 6.37. The van der Waals surface area contributed by atoms with Crippen LogP contribution in [0.15, 0.2) is 36.8 Å². The minimum absolute atomic E-state index is 0.185. The van der Waals surface area contributed by atoms with Gasteiger partial charge in [0.2, 0.25) is 0 Å². The lowest BCUT2D eigenvalue weighted by atomic mass is 9.93. The Hall–Kier alpha value is -2.60. The van der Waals surface area contributed by atoms with Crippen molar-refractivity contribution in [3.05, 3.63) is 36.8 Å². The van der Waals surface area contributed by atoms with E-state index < -0.39 is 0 Å². The summed E-state index contributed by atoms with van der Waals surface area (Å²) < 4.78 is 7.56. The maximum Gasteiger partial charge on any atom is 0.146 e. The Morgan fingerprint density at radius 1 is 1.20 bits per heavy atom. The van der Waals surface area contributed by atoms with Crippen LogP contribution >= 0.6 is 0 Å². The number of hydrogen-bond donors (Lipinski definition) is 2. The van der Waals surface area contributed by atoms with E-state index in [2.05, 4.69) is 20.7 Å². The van der Waals surface area contributed by atoms with Gasteiger partial charge in [-0.15, -0.1) is 0 Å². The summed E-state index contributed by atoms with van der Waals surface area (Å²) in [5.41, 5.74) is 9.09. The normalized spacial score (nSPS) is 20.7. The van der Waals surface area contributed by atoms with Gasteiger partial charge in [0.05, 0.1) is 18.6 Å². The zero-order valence-corrected chi connectivity index (χ0v) is 14.2. The maximum absolute atomic E-state index is 9.80. The van der Waals surface area contributed by atoms with Gasteiger partial charge in [0, 0.05) is 17.8 Å². The van der Waals surface area contributed by atoms with Gasteiger partial charge in [-0.05, 0) is 43.4 Å². The van der Waals surface area contributed by atoms with Gasteiger partial charge in [0.25, 0.3) is 0 Å². The van der Waals surface area contributed by atoms with Crippen LogP contribution in [0.1, 0.15) is 31.7 Å². The summed E-state index contributed by atoms with van der Waals surface area (Å²) in [6.07, 6.45) is 6.96. The summed E-state index contributed by atoms with van der Waals surface area (Å²) in [6, 6.07) is 8.24. The number of hydrogen-bond acceptors (Lipinski definition) is 5. The van der Waals surface area contributed by atoms with Crippen molar-refractivity contribution in [3.63, 3.8) is 0 Å². The zero-order valence-electron chi connectivity index (χ0n) is 14.2. The minimum Gasteiger partial charge on any atom is -0.497 e. The number of rotatable bonds is 3. The van der Waals surface area contributed by atoms with Crippen molar-refractivity contribution in [3.8, 4) is 16.9 Å². The molecule has 0 atom stereocenters. The first kappa shape index (κ1) is 15.9. The average Bonchev–Trinajstić information content (AvgIpc) is 3.03. The topological polar surface area (TPSA) is 86.2 Å². The van der Waals surface area contributed by atoms with Crippen molar-refractivity contribution in [2.24, 2.45) is 0 Å². The van der Waals surface area contributed by atoms with Crippen molar-refractivity contribution in [2.45, 2.75) is 37.8 Å². The van der Waals surface area contributed by atoms with Crippen LogP contribution in [-0.2, 0) is 0 Å². The Kier molecular flexibility index (Phi) is 4.05. The van der Waals surface area contributed by atoms with E-state index in [1.807, 2.05) is 24.3 Å². The summed E-state index contributed by atoms with van der Waals surface area (Å²) in [5, 5.41) is 10.7. The van der Waals surface area contributed by atoms with Gasteiger partial charge in [0.15, 0.2) is 0 Å². The highest BCUT2D eigenvalue weighted by Gasteiger charge is 2.24. The van der Waals surface area contributed by atoms with E-state index in [0.29, 0.717) is 11.9 Å². The van der Waals surface area contributed by atoms with Crippen molar-refractivity contribution < 1.29 is 9.84 Å². The summed E-state index contributed by atoms with van der Waals surface area (Å²) in [5.74, 6) is 1.28. The van der Waals surface area contributed by atoms with E-state index in [1.165, 1.54) is 6.33 Å². The standard InChI is InChI=1S/C19H22N4O2/c1-25-15-4-2-3-12(9-15)16-10-23(13-5-7-14(24)8-6-13)19-17(16)18(20)21-11-22-19/h2-4,9-11,13-14,24H,5-8H2,1H3,(H2,20,21,22). The summed E-state index contributed by atoms with van der Waals surface area (Å²) in [4.78, 5) is 8.69. The minimum atomic E-state index is -0.185. The fraction of sp³-hybridized carbons (Fsp3) is 0.368. The molecule has 4 rings (SSSR count). The van der Waals surface area contributed by atoms with Gasteiger partial charge in [-0.2, -0.15) is 0 Å². The van der Waals surface area contributed by atoms with Crippen LogP contribution in [0.2, 0.25) is 0 Å². The number of nitrogens with two attached hydrogens (primary N) is 1. The third-order valence-electron chi connectivity index (χ3n) is 5.08. The maximum atomic E-state index is 9.80. The van der Waals surface area contributed by atoms with E-state index in [1.54, 1.807) is 7.11 Å². The lowest BCUT2D eigenvalue weighted by molar-refractivity contribution is 0.111. The predicted molar refractivity (Wildman–Crippen MR) is 97.4 cm³/mol. The molecule has 0 aliphatic heterocycles. The van der Waals surface area contributed by atoms with E-state index in [9.17, 15) is 5.11 Å². The lowest BCUT2D eigenvalue weighted by Gasteiger charge is -2.27. The van der Waals surface area contributed by atoms with Crippen molar-refractivity contribution in [1.82, 2.24) is 14.5 Å². The van der Waals surface area contributed by atoms with Crippen LogP contribution in [0.3, 0.4) is 0 Å². The molecule has 0 spiro atoms. The molecular weight excluding hydrogens is 316 g/mol. The summed E-state index contributed by atoms with van der Waals surface area (Å²) in [7, 11) is 1.66. The predicted octanol–water partition coefficient (Wildman–Crippen LogP) is 3.17. The van der Waals surface area contributed by atoms with Crippen LogP contribution in [-0.4, -0.2) is 32.9 Å². The van der Waals surface area contributed by atoms with Crippen LogP contribution < -0.4 is 10.5 Å². The van der Waals surface area contributed by atoms with Crippen LogP contribution in [0.25, 0.3) is 22.2 Å². The second-order valence-corrected chi connectivity index (χ2v) is 6.60. The number of benzene rings is 1. The Bertz CT molecular complexity index is 898. The van der Waals surface area contributed by atoms with Gasteiger partial charge in [0.1, 0.15) is 23.5 Å². The Labute approximate surface area is 146 Å². The summed E-state index contributed by atoms with van der Waals surface area (Å²) in [6.45, 7) is 0. The van der Waals surface area contributed by atoms with Gasteiger partial charge in [-0.3, -0.25) is 0 Å². The number of nitrogen functional groups attached to an aromatic ring is 1. The number of ether oxygens (including phenoxy) is 1. The highest BCUT2D eigenvalue weighted by molar-refractivity contribution is 6.00. The van der Waals surface area contributed by atoms with Crippen molar-refractivity contribution in [1.29, 1.82) is 0 Å². The molecule has 1 fully saturated rings. The molecule has 0 bridgehead atoms. The number of fused-ring (bicyclic) bond motifs is 1. The summed E-state index contributed by atoms with van der Waals surface area (Å²) >= 11 is 0. The van der Waals surface area contributed by atoms with E-state index in [4.69, 9.17) is 10.5 Å². The number of methoxy groups -OCH3 is 1.